The van der Waals surface area contributed by atoms with Crippen LogP contribution in [-0.2, 0) is 17.9 Å². The molecule has 0 unspecified atom stereocenters. The number of halogens is 1. The number of amides is 1. The van der Waals surface area contributed by atoms with E-state index in [2.05, 4.69) is 10.3 Å². The largest absolute Gasteiger partial charge is 0.358 e. The van der Waals surface area contributed by atoms with Crippen molar-refractivity contribution in [2.45, 2.75) is 13.1 Å². The maximum Gasteiger partial charge on any atom is 0.351 e. The van der Waals surface area contributed by atoms with E-state index >= 15 is 0 Å². The van der Waals surface area contributed by atoms with Gasteiger partial charge in [0, 0.05) is 5.56 Å². The second-order valence-corrected chi connectivity index (χ2v) is 4.33. The van der Waals surface area contributed by atoms with Crippen LogP contribution in [0.25, 0.3) is 11.3 Å². The number of benzene rings is 1. The molecule has 1 aromatic carbocycles. The zero-order valence-corrected chi connectivity index (χ0v) is 10.2. The van der Waals surface area contributed by atoms with Gasteiger partial charge in [0.05, 0.1) is 6.54 Å². The summed E-state index contributed by atoms with van der Waals surface area (Å²) >= 11 is 0. The quantitative estimate of drug-likeness (QED) is 0.659. The fraction of sp³-hybridized carbons (Fsp3) is 0.167. The number of carbonyl (C=O) groups is 1. The van der Waals surface area contributed by atoms with Gasteiger partial charge in [-0.2, -0.15) is 4.57 Å². The van der Waals surface area contributed by atoms with Gasteiger partial charge >= 0.3 is 5.82 Å². The van der Waals surface area contributed by atoms with E-state index in [0.29, 0.717) is 11.4 Å². The number of carbonyl (C=O) groups excluding carboxylic acids is 1. The first kappa shape index (κ1) is 12.3. The van der Waals surface area contributed by atoms with E-state index in [1.165, 1.54) is 28.8 Å². The molecule has 1 amide bonds. The highest BCUT2D eigenvalue weighted by Gasteiger charge is 2.32. The van der Waals surface area contributed by atoms with E-state index in [1.807, 2.05) is 0 Å². The number of hydrogen-bond donors (Lipinski definition) is 1. The Morgan fingerprint density at radius 1 is 1.35 bits per heavy atom. The number of hydrogen-bond acceptors (Lipinski definition) is 4. The van der Waals surface area contributed by atoms with Gasteiger partial charge in [-0.25, -0.2) is 9.37 Å². The van der Waals surface area contributed by atoms with Crippen LogP contribution in [0.2, 0.25) is 0 Å². The molecule has 2 heterocycles. The molecule has 3 rings (SSSR count). The van der Waals surface area contributed by atoms with Gasteiger partial charge in [-0.1, -0.05) is 0 Å². The van der Waals surface area contributed by atoms with Gasteiger partial charge < -0.3 is 15.4 Å². The first-order chi connectivity index (χ1) is 9.56. The van der Waals surface area contributed by atoms with Crippen LogP contribution in [0.4, 0.5) is 10.2 Å². The minimum atomic E-state index is -0.576. The summed E-state index contributed by atoms with van der Waals surface area (Å²) in [5.74, 6) is -0.571. The molecule has 1 aliphatic heterocycles. The van der Waals surface area contributed by atoms with Crippen molar-refractivity contribution < 1.29 is 14.1 Å². The SMILES string of the molecule is O=C1Cn2c(nc(-c3ccc(F)cc3)c2[N+](=O)[O-])CN1. The lowest BCUT2D eigenvalue weighted by atomic mass is 10.1. The molecular formula is C12H9FN4O3. The van der Waals surface area contributed by atoms with Gasteiger partial charge in [-0.05, 0) is 29.2 Å². The van der Waals surface area contributed by atoms with Crippen LogP contribution in [0.1, 0.15) is 5.82 Å². The molecule has 0 atom stereocenters. The van der Waals surface area contributed by atoms with Crippen molar-refractivity contribution in [3.8, 4) is 11.3 Å². The maximum absolute atomic E-state index is 12.9. The summed E-state index contributed by atoms with van der Waals surface area (Å²) in [4.78, 5) is 26.2. The predicted molar refractivity (Wildman–Crippen MR) is 66.1 cm³/mol. The fourth-order valence-corrected chi connectivity index (χ4v) is 2.15. The van der Waals surface area contributed by atoms with Crippen molar-refractivity contribution in [3.63, 3.8) is 0 Å². The van der Waals surface area contributed by atoms with Gasteiger partial charge in [0.2, 0.25) is 5.82 Å². The van der Waals surface area contributed by atoms with Crippen molar-refractivity contribution in [2.24, 2.45) is 0 Å². The van der Waals surface area contributed by atoms with Crippen molar-refractivity contribution in [1.82, 2.24) is 14.9 Å². The van der Waals surface area contributed by atoms with Crippen LogP contribution < -0.4 is 5.32 Å². The van der Waals surface area contributed by atoms with Crippen molar-refractivity contribution in [3.05, 3.63) is 46.0 Å². The number of aromatic nitrogens is 2. The van der Waals surface area contributed by atoms with Gasteiger partial charge in [-0.3, -0.25) is 4.79 Å². The molecule has 0 spiro atoms. The third-order valence-corrected chi connectivity index (χ3v) is 3.06. The zero-order valence-electron chi connectivity index (χ0n) is 10.2. The van der Waals surface area contributed by atoms with Crippen molar-refractivity contribution in [2.75, 3.05) is 0 Å². The Kier molecular flexibility index (Phi) is 2.70. The zero-order chi connectivity index (χ0) is 14.3. The van der Waals surface area contributed by atoms with Crippen LogP contribution in [-0.4, -0.2) is 20.4 Å². The summed E-state index contributed by atoms with van der Waals surface area (Å²) in [6.07, 6.45) is 0. The molecule has 1 aliphatic rings. The molecule has 1 N–H and O–H groups in total. The minimum absolute atomic E-state index is 0.139. The van der Waals surface area contributed by atoms with Crippen LogP contribution in [0.5, 0.6) is 0 Å². The molecule has 20 heavy (non-hydrogen) atoms. The maximum atomic E-state index is 12.9. The van der Waals surface area contributed by atoms with E-state index in [1.54, 1.807) is 0 Å². The first-order valence-electron chi connectivity index (χ1n) is 5.82. The van der Waals surface area contributed by atoms with Gasteiger partial charge in [-0.15, -0.1) is 0 Å². The lowest BCUT2D eigenvalue weighted by Gasteiger charge is -2.10. The standard InChI is InChI=1S/C12H9FN4O3/c13-8-3-1-7(2-4-8)11-12(17(19)20)16-6-10(18)14-5-9(16)15-11/h1-4H,5-6H2,(H,14,18). The van der Waals surface area contributed by atoms with E-state index in [-0.39, 0.29) is 30.5 Å². The molecular weight excluding hydrogens is 267 g/mol. The highest BCUT2D eigenvalue weighted by molar-refractivity contribution is 5.78. The molecule has 0 fully saturated rings. The number of nitrogens with one attached hydrogen (secondary N) is 1. The highest BCUT2D eigenvalue weighted by Crippen LogP contribution is 2.31. The topological polar surface area (TPSA) is 90.1 Å². The van der Waals surface area contributed by atoms with E-state index < -0.39 is 10.7 Å². The Bertz CT molecular complexity index is 708. The number of imidazole rings is 1. The summed E-state index contributed by atoms with van der Waals surface area (Å²) < 4.78 is 14.2. The smallest absolute Gasteiger partial charge is 0.351 e. The lowest BCUT2D eigenvalue weighted by molar-refractivity contribution is -0.391. The van der Waals surface area contributed by atoms with E-state index in [0.717, 1.165) is 0 Å². The molecule has 7 nitrogen and oxygen atoms in total. The Morgan fingerprint density at radius 3 is 2.70 bits per heavy atom. The molecule has 0 radical (unpaired) electrons. The second kappa shape index (κ2) is 4.41. The molecule has 8 heteroatoms. The first-order valence-corrected chi connectivity index (χ1v) is 5.82. The number of nitro groups is 1. The molecule has 0 saturated carbocycles. The number of nitrogens with zero attached hydrogens (tertiary/aromatic N) is 3. The number of rotatable bonds is 2. The van der Waals surface area contributed by atoms with Crippen LogP contribution in [0.15, 0.2) is 24.3 Å². The molecule has 0 saturated heterocycles. The molecule has 102 valence electrons. The fourth-order valence-electron chi connectivity index (χ4n) is 2.15. The Labute approximate surface area is 112 Å². The Balaban J connectivity index is 2.18. The van der Waals surface area contributed by atoms with Gasteiger partial charge in [0.15, 0.2) is 12.2 Å². The van der Waals surface area contributed by atoms with Crippen molar-refractivity contribution >= 4 is 11.7 Å². The molecule has 0 bridgehead atoms. The minimum Gasteiger partial charge on any atom is -0.358 e. The van der Waals surface area contributed by atoms with Crippen LogP contribution in [0, 0.1) is 15.9 Å². The Morgan fingerprint density at radius 2 is 2.05 bits per heavy atom. The van der Waals surface area contributed by atoms with E-state index in [9.17, 15) is 19.3 Å². The monoisotopic (exact) mass is 276 g/mol. The normalized spacial score (nSPS) is 13.8. The van der Waals surface area contributed by atoms with Gasteiger partial charge in [0.1, 0.15) is 5.82 Å². The molecule has 2 aromatic rings. The number of fused-ring (bicyclic) bond motifs is 1. The summed E-state index contributed by atoms with van der Waals surface area (Å²) in [6.45, 7) is 0.000704. The summed E-state index contributed by atoms with van der Waals surface area (Å²) in [5, 5.41) is 13.8. The van der Waals surface area contributed by atoms with Crippen LogP contribution in [0.3, 0.4) is 0 Å². The molecule has 0 aliphatic carbocycles. The van der Waals surface area contributed by atoms with E-state index in [4.69, 9.17) is 0 Å². The predicted octanol–water partition coefficient (Wildman–Crippen LogP) is 1.23. The molecule has 1 aromatic heterocycles. The van der Waals surface area contributed by atoms with Gasteiger partial charge in [0.25, 0.3) is 5.91 Å². The average molecular weight is 276 g/mol. The third-order valence-electron chi connectivity index (χ3n) is 3.06. The summed E-state index contributed by atoms with van der Waals surface area (Å²) in [7, 11) is 0. The lowest BCUT2D eigenvalue weighted by Crippen LogP contribution is -2.34. The van der Waals surface area contributed by atoms with Crippen LogP contribution >= 0.6 is 0 Å². The average Bonchev–Trinajstić information content (AvgIpc) is 2.78. The second-order valence-electron chi connectivity index (χ2n) is 4.33. The summed E-state index contributed by atoms with van der Waals surface area (Å²) in [6, 6.07) is 5.26. The summed E-state index contributed by atoms with van der Waals surface area (Å²) in [5.41, 5.74) is 0.578. The highest BCUT2D eigenvalue weighted by atomic mass is 19.1. The van der Waals surface area contributed by atoms with Crippen molar-refractivity contribution in [1.29, 1.82) is 0 Å². The Hall–Kier alpha value is -2.77. The third kappa shape index (κ3) is 1.91.